The van der Waals surface area contributed by atoms with E-state index >= 15 is 0 Å². The van der Waals surface area contributed by atoms with Crippen molar-refractivity contribution >= 4 is 28.6 Å². The predicted octanol–water partition coefficient (Wildman–Crippen LogP) is 0.638. The van der Waals surface area contributed by atoms with E-state index in [4.69, 9.17) is 4.74 Å². The molecule has 0 unspecified atom stereocenters. The Kier molecular flexibility index (Phi) is 5.43. The molecule has 4 rings (SSSR count). The van der Waals surface area contributed by atoms with Gasteiger partial charge in [-0.25, -0.2) is 15.0 Å². The Balaban J connectivity index is 1.55. The van der Waals surface area contributed by atoms with Crippen LogP contribution in [0.15, 0.2) is 41.9 Å². The number of thioether (sulfide) groups is 1. The van der Waals surface area contributed by atoms with Crippen LogP contribution in [0, 0.1) is 10.1 Å². The fourth-order valence-electron chi connectivity index (χ4n) is 3.10. The molecule has 4 atom stereocenters. The second-order valence-electron chi connectivity index (χ2n) is 6.44. The molecule has 1 aliphatic heterocycles. The molecule has 0 amide bonds. The van der Waals surface area contributed by atoms with Crippen LogP contribution in [0.25, 0.3) is 11.2 Å². The molecule has 11 nitrogen and oxygen atoms in total. The van der Waals surface area contributed by atoms with Gasteiger partial charge in [0.05, 0.1) is 17.9 Å². The summed E-state index contributed by atoms with van der Waals surface area (Å²) in [4.78, 5) is 23.1. The standard InChI is InChI=1S/C17H17N5O6S/c23-5-11-13(24)14(25)17(28-11)21-8-20-12-15(21)18-7-19-16(12)29-6-9-1-3-10(4-2-9)22(26)27/h1-4,7-8,11,13-14,17,23-25H,5-6H2/t11-,13+,14-,17-/m0/s1. The minimum atomic E-state index is -1.24. The molecule has 1 fully saturated rings. The van der Waals surface area contributed by atoms with Crippen molar-refractivity contribution in [1.29, 1.82) is 0 Å². The zero-order valence-electron chi connectivity index (χ0n) is 14.9. The van der Waals surface area contributed by atoms with E-state index in [0.29, 0.717) is 21.9 Å². The van der Waals surface area contributed by atoms with Gasteiger partial charge in [0.2, 0.25) is 0 Å². The average Bonchev–Trinajstić information content (AvgIpc) is 3.28. The lowest BCUT2D eigenvalue weighted by atomic mass is 10.1. The number of aliphatic hydroxyl groups excluding tert-OH is 3. The maximum atomic E-state index is 10.7. The molecule has 1 aliphatic rings. The van der Waals surface area contributed by atoms with E-state index in [0.717, 1.165) is 5.56 Å². The lowest BCUT2D eigenvalue weighted by molar-refractivity contribution is -0.384. The molecule has 0 radical (unpaired) electrons. The second kappa shape index (κ2) is 8.00. The highest BCUT2D eigenvalue weighted by Gasteiger charge is 2.44. The summed E-state index contributed by atoms with van der Waals surface area (Å²) < 4.78 is 7.03. The monoisotopic (exact) mass is 419 g/mol. The van der Waals surface area contributed by atoms with E-state index < -0.39 is 36.1 Å². The molecule has 3 heterocycles. The minimum absolute atomic E-state index is 0.0282. The van der Waals surface area contributed by atoms with Gasteiger partial charge in [0, 0.05) is 17.9 Å². The summed E-state index contributed by atoms with van der Waals surface area (Å²) in [5.41, 5.74) is 1.83. The van der Waals surface area contributed by atoms with Gasteiger partial charge in [-0.2, -0.15) is 0 Å². The number of hydrogen-bond acceptors (Lipinski definition) is 10. The Morgan fingerprint density at radius 2 is 1.93 bits per heavy atom. The topological polar surface area (TPSA) is 157 Å². The molecule has 1 aromatic carbocycles. The quantitative estimate of drug-likeness (QED) is 0.224. The molecular formula is C17H17N5O6S. The van der Waals surface area contributed by atoms with Crippen LogP contribution in [0.5, 0.6) is 0 Å². The third kappa shape index (κ3) is 3.68. The number of aliphatic hydroxyl groups is 3. The summed E-state index contributed by atoms with van der Waals surface area (Å²) in [7, 11) is 0. The van der Waals surface area contributed by atoms with E-state index in [1.54, 1.807) is 12.1 Å². The molecule has 0 bridgehead atoms. The Morgan fingerprint density at radius 3 is 2.59 bits per heavy atom. The number of rotatable bonds is 6. The first kappa shape index (κ1) is 19.7. The Hall–Kier alpha value is -2.64. The van der Waals surface area contributed by atoms with E-state index in [-0.39, 0.29) is 5.69 Å². The SMILES string of the molecule is O=[N+]([O-])c1ccc(CSc2ncnc3c2ncn3[C@H]2O[C@@H](CO)[C@@H](O)[C@@H]2O)cc1. The summed E-state index contributed by atoms with van der Waals surface area (Å²) in [6, 6.07) is 6.26. The molecule has 0 saturated carbocycles. The molecule has 3 N–H and O–H groups in total. The highest BCUT2D eigenvalue weighted by Crippen LogP contribution is 2.33. The van der Waals surface area contributed by atoms with E-state index in [9.17, 15) is 25.4 Å². The first-order chi connectivity index (χ1) is 14.0. The van der Waals surface area contributed by atoms with Crippen LogP contribution in [0.4, 0.5) is 5.69 Å². The predicted molar refractivity (Wildman–Crippen MR) is 101 cm³/mol. The molecule has 0 spiro atoms. The maximum Gasteiger partial charge on any atom is 0.269 e. The number of non-ortho nitro benzene ring substituents is 1. The van der Waals surface area contributed by atoms with Crippen LogP contribution in [0.3, 0.4) is 0 Å². The number of imidazole rings is 1. The number of benzene rings is 1. The van der Waals surface area contributed by atoms with Gasteiger partial charge in [-0.3, -0.25) is 14.7 Å². The van der Waals surface area contributed by atoms with Gasteiger partial charge >= 0.3 is 0 Å². The van der Waals surface area contributed by atoms with Gasteiger partial charge < -0.3 is 20.1 Å². The zero-order chi connectivity index (χ0) is 20.5. The van der Waals surface area contributed by atoms with Crippen molar-refractivity contribution in [2.45, 2.75) is 35.3 Å². The third-order valence-electron chi connectivity index (χ3n) is 4.64. The summed E-state index contributed by atoms with van der Waals surface area (Å²) >= 11 is 1.39. The molecular weight excluding hydrogens is 402 g/mol. The lowest BCUT2D eigenvalue weighted by Crippen LogP contribution is -2.33. The molecule has 152 valence electrons. The Morgan fingerprint density at radius 1 is 1.17 bits per heavy atom. The second-order valence-corrected chi connectivity index (χ2v) is 7.41. The average molecular weight is 419 g/mol. The largest absolute Gasteiger partial charge is 0.394 e. The number of aromatic nitrogens is 4. The van der Waals surface area contributed by atoms with Crippen LogP contribution >= 0.6 is 11.8 Å². The number of ether oxygens (including phenoxy) is 1. The summed E-state index contributed by atoms with van der Waals surface area (Å²) in [5.74, 6) is 0.519. The fourth-order valence-corrected chi connectivity index (χ4v) is 4.00. The zero-order valence-corrected chi connectivity index (χ0v) is 15.7. The summed E-state index contributed by atoms with van der Waals surface area (Å²) in [5, 5.41) is 40.8. The van der Waals surface area contributed by atoms with Crippen molar-refractivity contribution in [1.82, 2.24) is 19.5 Å². The molecule has 1 saturated heterocycles. The smallest absolute Gasteiger partial charge is 0.269 e. The normalized spacial score (nSPS) is 24.2. The van der Waals surface area contributed by atoms with E-state index in [1.165, 1.54) is 41.1 Å². The number of nitrogens with zero attached hydrogens (tertiary/aromatic N) is 5. The maximum absolute atomic E-state index is 10.7. The highest BCUT2D eigenvalue weighted by atomic mass is 32.2. The van der Waals surface area contributed by atoms with Crippen LogP contribution in [0.1, 0.15) is 11.8 Å². The van der Waals surface area contributed by atoms with Crippen LogP contribution < -0.4 is 0 Å². The van der Waals surface area contributed by atoms with Gasteiger partial charge in [0.15, 0.2) is 11.9 Å². The van der Waals surface area contributed by atoms with Gasteiger partial charge in [-0.05, 0) is 5.56 Å². The molecule has 0 aliphatic carbocycles. The van der Waals surface area contributed by atoms with E-state index in [2.05, 4.69) is 15.0 Å². The molecule has 29 heavy (non-hydrogen) atoms. The molecule has 12 heteroatoms. The third-order valence-corrected chi connectivity index (χ3v) is 5.69. The van der Waals surface area contributed by atoms with Crippen molar-refractivity contribution in [3.8, 4) is 0 Å². The molecule has 2 aromatic heterocycles. The van der Waals surface area contributed by atoms with Crippen molar-refractivity contribution < 1.29 is 25.0 Å². The van der Waals surface area contributed by atoms with Crippen LogP contribution in [0.2, 0.25) is 0 Å². The van der Waals surface area contributed by atoms with Crippen molar-refractivity contribution in [2.24, 2.45) is 0 Å². The van der Waals surface area contributed by atoms with Crippen LogP contribution in [-0.2, 0) is 10.5 Å². The van der Waals surface area contributed by atoms with Gasteiger partial charge in [-0.15, -0.1) is 0 Å². The van der Waals surface area contributed by atoms with Gasteiger partial charge in [0.25, 0.3) is 5.69 Å². The van der Waals surface area contributed by atoms with Crippen LogP contribution in [-0.4, -0.2) is 64.7 Å². The first-order valence-corrected chi connectivity index (χ1v) is 9.64. The van der Waals surface area contributed by atoms with E-state index in [1.807, 2.05) is 0 Å². The number of hydrogen-bond donors (Lipinski definition) is 3. The lowest BCUT2D eigenvalue weighted by Gasteiger charge is -2.16. The summed E-state index contributed by atoms with van der Waals surface area (Å²) in [6.07, 6.45) is -1.49. The van der Waals surface area contributed by atoms with Crippen molar-refractivity contribution in [3.05, 3.63) is 52.6 Å². The van der Waals surface area contributed by atoms with Gasteiger partial charge in [-0.1, -0.05) is 23.9 Å². The minimum Gasteiger partial charge on any atom is -0.394 e. The summed E-state index contributed by atoms with van der Waals surface area (Å²) in [6.45, 7) is -0.424. The highest BCUT2D eigenvalue weighted by molar-refractivity contribution is 7.98. The van der Waals surface area contributed by atoms with Crippen molar-refractivity contribution in [3.63, 3.8) is 0 Å². The number of nitro benzene ring substituents is 1. The fraction of sp³-hybridized carbons (Fsp3) is 0.353. The van der Waals surface area contributed by atoms with Gasteiger partial charge in [0.1, 0.15) is 35.2 Å². The molecule has 3 aromatic rings. The number of fused-ring (bicyclic) bond motifs is 1. The Bertz CT molecular complexity index is 1030. The first-order valence-electron chi connectivity index (χ1n) is 8.65. The Labute approximate surface area is 168 Å². The number of nitro groups is 1. The van der Waals surface area contributed by atoms with Crippen molar-refractivity contribution in [2.75, 3.05) is 6.61 Å².